The van der Waals surface area contributed by atoms with Crippen LogP contribution in [0.15, 0.2) is 24.3 Å². The summed E-state index contributed by atoms with van der Waals surface area (Å²) in [5, 5.41) is 8.85. The first-order valence-electron chi connectivity index (χ1n) is 6.77. The number of aliphatic carboxylic acids is 1. The first kappa shape index (κ1) is 14.4. The molecule has 1 aromatic rings. The standard InChI is InChI=1S/C15H19NO4/c1-11-5-2-3-7-13(11)20-10-14(17)16-8-4-6-12(16)9-15(18)19/h2-3,5,7,12H,4,6,8-10H2,1H3,(H,18,19). The summed E-state index contributed by atoms with van der Waals surface area (Å²) in [6.07, 6.45) is 1.62. The van der Waals surface area contributed by atoms with E-state index < -0.39 is 5.97 Å². The van der Waals surface area contributed by atoms with Crippen LogP contribution in [0.25, 0.3) is 0 Å². The Morgan fingerprint density at radius 1 is 1.40 bits per heavy atom. The maximum atomic E-state index is 12.1. The monoisotopic (exact) mass is 277 g/mol. The predicted molar refractivity (Wildman–Crippen MR) is 73.7 cm³/mol. The molecule has 1 aromatic carbocycles. The van der Waals surface area contributed by atoms with Crippen LogP contribution in [0.1, 0.15) is 24.8 Å². The average molecular weight is 277 g/mol. The van der Waals surface area contributed by atoms with E-state index in [0.717, 1.165) is 18.4 Å². The molecule has 0 radical (unpaired) electrons. The van der Waals surface area contributed by atoms with Crippen LogP contribution in [0.4, 0.5) is 0 Å². The zero-order valence-electron chi connectivity index (χ0n) is 11.5. The molecule has 5 heteroatoms. The van der Waals surface area contributed by atoms with Gasteiger partial charge in [0, 0.05) is 12.6 Å². The number of amides is 1. The molecule has 0 aliphatic carbocycles. The van der Waals surface area contributed by atoms with Crippen molar-refractivity contribution in [2.24, 2.45) is 0 Å². The SMILES string of the molecule is Cc1ccccc1OCC(=O)N1CCCC1CC(=O)O. The number of carboxylic acid groups (broad SMARTS) is 1. The minimum Gasteiger partial charge on any atom is -0.484 e. The normalized spacial score (nSPS) is 18.1. The van der Waals surface area contributed by atoms with Crippen molar-refractivity contribution in [3.05, 3.63) is 29.8 Å². The number of nitrogens with zero attached hydrogens (tertiary/aromatic N) is 1. The second kappa shape index (κ2) is 6.41. The molecule has 108 valence electrons. The largest absolute Gasteiger partial charge is 0.484 e. The predicted octanol–water partition coefficient (Wildman–Crippen LogP) is 1.84. The van der Waals surface area contributed by atoms with Gasteiger partial charge in [-0.05, 0) is 31.4 Å². The van der Waals surface area contributed by atoms with E-state index in [1.54, 1.807) is 4.90 Å². The van der Waals surface area contributed by atoms with Crippen molar-refractivity contribution in [2.75, 3.05) is 13.2 Å². The molecule has 1 saturated heterocycles. The highest BCUT2D eigenvalue weighted by atomic mass is 16.5. The van der Waals surface area contributed by atoms with E-state index in [1.165, 1.54) is 0 Å². The average Bonchev–Trinajstić information content (AvgIpc) is 2.85. The Hall–Kier alpha value is -2.04. The van der Waals surface area contributed by atoms with Crippen LogP contribution in [0.3, 0.4) is 0 Å². The Morgan fingerprint density at radius 2 is 2.15 bits per heavy atom. The smallest absolute Gasteiger partial charge is 0.305 e. The van der Waals surface area contributed by atoms with Gasteiger partial charge >= 0.3 is 5.97 Å². The minimum atomic E-state index is -0.866. The molecule has 1 aliphatic rings. The van der Waals surface area contributed by atoms with E-state index in [2.05, 4.69) is 0 Å². The Bertz CT molecular complexity index is 500. The van der Waals surface area contributed by atoms with Crippen LogP contribution >= 0.6 is 0 Å². The van der Waals surface area contributed by atoms with Crippen molar-refractivity contribution in [1.82, 2.24) is 4.90 Å². The molecule has 0 saturated carbocycles. The van der Waals surface area contributed by atoms with Crippen molar-refractivity contribution in [2.45, 2.75) is 32.2 Å². The number of hydrogen-bond acceptors (Lipinski definition) is 3. The minimum absolute atomic E-state index is 0.0100. The first-order valence-corrected chi connectivity index (χ1v) is 6.77. The Labute approximate surface area is 118 Å². The summed E-state index contributed by atoms with van der Waals surface area (Å²) >= 11 is 0. The quantitative estimate of drug-likeness (QED) is 0.891. The summed E-state index contributed by atoms with van der Waals surface area (Å²) < 4.78 is 5.53. The van der Waals surface area contributed by atoms with Crippen LogP contribution in [-0.2, 0) is 9.59 Å². The first-order chi connectivity index (χ1) is 9.58. The summed E-state index contributed by atoms with van der Waals surface area (Å²) in [4.78, 5) is 24.5. The molecule has 5 nitrogen and oxygen atoms in total. The number of para-hydroxylation sites is 1. The molecular formula is C15H19NO4. The fraction of sp³-hybridized carbons (Fsp3) is 0.467. The van der Waals surface area contributed by atoms with Gasteiger partial charge in [0.2, 0.25) is 0 Å². The molecule has 0 spiro atoms. The van der Waals surface area contributed by atoms with E-state index in [9.17, 15) is 9.59 Å². The summed E-state index contributed by atoms with van der Waals surface area (Å²) in [6.45, 7) is 2.50. The summed E-state index contributed by atoms with van der Waals surface area (Å²) in [5.41, 5.74) is 0.976. The van der Waals surface area contributed by atoms with Gasteiger partial charge in [0.15, 0.2) is 6.61 Å². The summed E-state index contributed by atoms with van der Waals surface area (Å²) in [6, 6.07) is 7.31. The van der Waals surface area contributed by atoms with Crippen molar-refractivity contribution in [3.63, 3.8) is 0 Å². The number of aryl methyl sites for hydroxylation is 1. The van der Waals surface area contributed by atoms with Gasteiger partial charge in [-0.1, -0.05) is 18.2 Å². The van der Waals surface area contributed by atoms with Crippen LogP contribution < -0.4 is 4.74 Å². The second-order valence-corrected chi connectivity index (χ2v) is 5.04. The van der Waals surface area contributed by atoms with Gasteiger partial charge in [0.25, 0.3) is 5.91 Å². The molecular weight excluding hydrogens is 258 g/mol. The number of carbonyl (C=O) groups is 2. The molecule has 2 rings (SSSR count). The third-order valence-corrected chi connectivity index (χ3v) is 3.55. The molecule has 1 aliphatic heterocycles. The van der Waals surface area contributed by atoms with Crippen LogP contribution in [0.5, 0.6) is 5.75 Å². The third-order valence-electron chi connectivity index (χ3n) is 3.55. The van der Waals surface area contributed by atoms with Crippen molar-refractivity contribution >= 4 is 11.9 Å². The van der Waals surface area contributed by atoms with E-state index >= 15 is 0 Å². The molecule has 1 atom stereocenters. The zero-order chi connectivity index (χ0) is 14.5. The fourth-order valence-corrected chi connectivity index (χ4v) is 2.52. The van der Waals surface area contributed by atoms with Gasteiger partial charge < -0.3 is 14.7 Å². The van der Waals surface area contributed by atoms with Gasteiger partial charge in [-0.2, -0.15) is 0 Å². The third kappa shape index (κ3) is 3.50. The fourth-order valence-electron chi connectivity index (χ4n) is 2.52. The Kier molecular flexibility index (Phi) is 4.61. The zero-order valence-corrected chi connectivity index (χ0v) is 11.5. The lowest BCUT2D eigenvalue weighted by Gasteiger charge is -2.23. The van der Waals surface area contributed by atoms with Crippen LogP contribution in [0.2, 0.25) is 0 Å². The highest BCUT2D eigenvalue weighted by Crippen LogP contribution is 2.21. The Balaban J connectivity index is 1.91. The van der Waals surface area contributed by atoms with Gasteiger partial charge in [-0.3, -0.25) is 9.59 Å². The van der Waals surface area contributed by atoms with Crippen molar-refractivity contribution < 1.29 is 19.4 Å². The molecule has 0 aromatic heterocycles. The van der Waals surface area contributed by atoms with Gasteiger partial charge in [-0.15, -0.1) is 0 Å². The molecule has 0 bridgehead atoms. The number of benzene rings is 1. The van der Waals surface area contributed by atoms with Crippen molar-refractivity contribution in [1.29, 1.82) is 0 Å². The molecule has 1 unspecified atom stereocenters. The number of likely N-dealkylation sites (tertiary alicyclic amines) is 1. The molecule has 20 heavy (non-hydrogen) atoms. The lowest BCUT2D eigenvalue weighted by molar-refractivity contribution is -0.140. The number of carboxylic acids is 1. The van der Waals surface area contributed by atoms with E-state index in [4.69, 9.17) is 9.84 Å². The van der Waals surface area contributed by atoms with Gasteiger partial charge in [-0.25, -0.2) is 0 Å². The molecule has 1 fully saturated rings. The summed E-state index contributed by atoms with van der Waals surface area (Å²) in [5.74, 6) is -0.318. The maximum Gasteiger partial charge on any atom is 0.305 e. The number of rotatable bonds is 5. The van der Waals surface area contributed by atoms with E-state index in [-0.39, 0.29) is 25.0 Å². The van der Waals surface area contributed by atoms with Crippen LogP contribution in [-0.4, -0.2) is 41.1 Å². The van der Waals surface area contributed by atoms with Gasteiger partial charge in [0.1, 0.15) is 5.75 Å². The maximum absolute atomic E-state index is 12.1. The lowest BCUT2D eigenvalue weighted by atomic mass is 10.1. The van der Waals surface area contributed by atoms with Gasteiger partial charge in [0.05, 0.1) is 6.42 Å². The molecule has 1 N–H and O–H groups in total. The second-order valence-electron chi connectivity index (χ2n) is 5.04. The molecule has 1 heterocycles. The number of carbonyl (C=O) groups excluding carboxylic acids is 1. The van der Waals surface area contributed by atoms with E-state index in [1.807, 2.05) is 31.2 Å². The molecule has 1 amide bonds. The topological polar surface area (TPSA) is 66.8 Å². The Morgan fingerprint density at radius 3 is 2.85 bits per heavy atom. The van der Waals surface area contributed by atoms with Crippen LogP contribution in [0, 0.1) is 6.92 Å². The lowest BCUT2D eigenvalue weighted by Crippen LogP contribution is -2.39. The van der Waals surface area contributed by atoms with E-state index in [0.29, 0.717) is 12.3 Å². The summed E-state index contributed by atoms with van der Waals surface area (Å²) in [7, 11) is 0. The number of ether oxygens (including phenoxy) is 1. The highest BCUT2D eigenvalue weighted by molar-refractivity contribution is 5.79. The highest BCUT2D eigenvalue weighted by Gasteiger charge is 2.30. The van der Waals surface area contributed by atoms with Crippen molar-refractivity contribution in [3.8, 4) is 5.75 Å². The number of hydrogen-bond donors (Lipinski definition) is 1.